The quantitative estimate of drug-likeness (QED) is 0.642. The second kappa shape index (κ2) is 10.9. The van der Waals surface area contributed by atoms with Crippen LogP contribution in [0.5, 0.6) is 0 Å². The van der Waals surface area contributed by atoms with Crippen molar-refractivity contribution in [3.63, 3.8) is 0 Å². The third kappa shape index (κ3) is 6.71. The third-order valence-corrected chi connectivity index (χ3v) is 5.56. The van der Waals surface area contributed by atoms with E-state index in [1.165, 1.54) is 11.8 Å². The first-order valence-electron chi connectivity index (χ1n) is 9.68. The summed E-state index contributed by atoms with van der Waals surface area (Å²) in [6.07, 6.45) is 0. The van der Waals surface area contributed by atoms with Gasteiger partial charge in [-0.1, -0.05) is 56.3 Å². The van der Waals surface area contributed by atoms with Crippen LogP contribution in [-0.4, -0.2) is 35.1 Å². The van der Waals surface area contributed by atoms with E-state index >= 15 is 0 Å². The average molecular weight is 399 g/mol. The number of benzene rings is 2. The molecule has 0 unspecified atom stereocenters. The normalized spacial score (nSPS) is 11.9. The molecule has 0 aromatic heterocycles. The highest BCUT2D eigenvalue weighted by Crippen LogP contribution is 2.20. The van der Waals surface area contributed by atoms with E-state index < -0.39 is 6.04 Å². The summed E-state index contributed by atoms with van der Waals surface area (Å²) in [6, 6.07) is 17.3. The molecule has 2 aromatic carbocycles. The predicted molar refractivity (Wildman–Crippen MR) is 116 cm³/mol. The molecule has 0 radical (unpaired) electrons. The molecule has 28 heavy (non-hydrogen) atoms. The molecule has 2 aromatic rings. The number of aryl methyl sites for hydroxylation is 1. The Bertz CT molecular complexity index is 777. The lowest BCUT2D eigenvalue weighted by molar-refractivity contribution is -0.138. The molecule has 0 aliphatic rings. The molecular formula is C23H30N2O2S. The Hall–Kier alpha value is -2.27. The van der Waals surface area contributed by atoms with Crippen molar-refractivity contribution in [3.05, 3.63) is 65.7 Å². The van der Waals surface area contributed by atoms with Gasteiger partial charge in [-0.05, 0) is 43.0 Å². The standard InChI is InChI=1S/C23H30N2O2S/c1-17(2)14-24-23(27)19(4)25(15-20-11-9-8-10-18(20)3)22(26)16-28-21-12-6-5-7-13-21/h5-13,17,19H,14-16H2,1-4H3,(H,24,27)/t19-/m1/s1. The first-order chi connectivity index (χ1) is 13.4. The van der Waals surface area contributed by atoms with Crippen LogP contribution in [0.1, 0.15) is 31.9 Å². The van der Waals surface area contributed by atoms with E-state index in [1.807, 2.05) is 61.5 Å². The molecule has 1 N–H and O–H groups in total. The number of nitrogens with zero attached hydrogens (tertiary/aromatic N) is 1. The van der Waals surface area contributed by atoms with Crippen LogP contribution in [0.2, 0.25) is 0 Å². The van der Waals surface area contributed by atoms with E-state index in [2.05, 4.69) is 19.2 Å². The summed E-state index contributed by atoms with van der Waals surface area (Å²) >= 11 is 1.50. The number of carbonyl (C=O) groups is 2. The molecule has 4 nitrogen and oxygen atoms in total. The van der Waals surface area contributed by atoms with E-state index in [0.717, 1.165) is 16.0 Å². The molecular weight excluding hydrogens is 368 g/mol. The van der Waals surface area contributed by atoms with Crippen molar-refractivity contribution < 1.29 is 9.59 Å². The van der Waals surface area contributed by atoms with E-state index in [9.17, 15) is 9.59 Å². The second-order valence-electron chi connectivity index (χ2n) is 7.36. The molecule has 0 saturated heterocycles. The summed E-state index contributed by atoms with van der Waals surface area (Å²) in [4.78, 5) is 28.4. The van der Waals surface area contributed by atoms with Gasteiger partial charge in [-0.15, -0.1) is 11.8 Å². The summed E-state index contributed by atoms with van der Waals surface area (Å²) in [5.74, 6) is 0.521. The number of hydrogen-bond acceptors (Lipinski definition) is 3. The monoisotopic (exact) mass is 398 g/mol. The van der Waals surface area contributed by atoms with Gasteiger partial charge in [0.15, 0.2) is 0 Å². The maximum atomic E-state index is 13.0. The van der Waals surface area contributed by atoms with Crippen LogP contribution < -0.4 is 5.32 Å². The predicted octanol–water partition coefficient (Wildman–Crippen LogP) is 4.28. The van der Waals surface area contributed by atoms with E-state index in [4.69, 9.17) is 0 Å². The van der Waals surface area contributed by atoms with Gasteiger partial charge in [0, 0.05) is 18.0 Å². The van der Waals surface area contributed by atoms with Crippen molar-refractivity contribution in [3.8, 4) is 0 Å². The Kier molecular flexibility index (Phi) is 8.58. The average Bonchev–Trinajstić information content (AvgIpc) is 2.69. The van der Waals surface area contributed by atoms with Crippen LogP contribution in [0.15, 0.2) is 59.5 Å². The van der Waals surface area contributed by atoms with Gasteiger partial charge in [-0.25, -0.2) is 0 Å². The topological polar surface area (TPSA) is 49.4 Å². The molecule has 150 valence electrons. The van der Waals surface area contributed by atoms with Crippen LogP contribution in [0, 0.1) is 12.8 Å². The highest BCUT2D eigenvalue weighted by atomic mass is 32.2. The largest absolute Gasteiger partial charge is 0.354 e. The molecule has 0 fully saturated rings. The number of nitrogens with one attached hydrogen (secondary N) is 1. The smallest absolute Gasteiger partial charge is 0.242 e. The molecule has 0 aliphatic carbocycles. The minimum Gasteiger partial charge on any atom is -0.354 e. The summed E-state index contributed by atoms with van der Waals surface area (Å²) < 4.78 is 0. The minimum absolute atomic E-state index is 0.0377. The van der Waals surface area contributed by atoms with Crippen molar-refractivity contribution in [2.45, 2.75) is 45.2 Å². The lowest BCUT2D eigenvalue weighted by atomic mass is 10.1. The van der Waals surface area contributed by atoms with Crippen molar-refractivity contribution in [2.75, 3.05) is 12.3 Å². The Balaban J connectivity index is 2.13. The van der Waals surface area contributed by atoms with Gasteiger partial charge in [0.1, 0.15) is 6.04 Å². The highest BCUT2D eigenvalue weighted by Gasteiger charge is 2.26. The summed E-state index contributed by atoms with van der Waals surface area (Å²) in [6.45, 7) is 8.97. The Labute approximate surface area is 172 Å². The summed E-state index contributed by atoms with van der Waals surface area (Å²) in [7, 11) is 0. The summed E-state index contributed by atoms with van der Waals surface area (Å²) in [5, 5.41) is 2.95. The van der Waals surface area contributed by atoms with Crippen LogP contribution >= 0.6 is 11.8 Å². The van der Waals surface area contributed by atoms with E-state index in [0.29, 0.717) is 24.8 Å². The lowest BCUT2D eigenvalue weighted by Gasteiger charge is -2.29. The van der Waals surface area contributed by atoms with Crippen molar-refractivity contribution in [2.24, 2.45) is 5.92 Å². The number of hydrogen-bond donors (Lipinski definition) is 1. The lowest BCUT2D eigenvalue weighted by Crippen LogP contribution is -2.48. The second-order valence-corrected chi connectivity index (χ2v) is 8.41. The SMILES string of the molecule is Cc1ccccc1CN(C(=O)CSc1ccccc1)[C@H](C)C(=O)NCC(C)C. The molecule has 2 rings (SSSR count). The molecule has 0 bridgehead atoms. The van der Waals surface area contributed by atoms with Crippen LogP contribution in [0.3, 0.4) is 0 Å². The van der Waals surface area contributed by atoms with Crippen molar-refractivity contribution >= 4 is 23.6 Å². The van der Waals surface area contributed by atoms with Gasteiger partial charge in [-0.2, -0.15) is 0 Å². The van der Waals surface area contributed by atoms with E-state index in [1.54, 1.807) is 11.8 Å². The molecule has 0 aliphatic heterocycles. The maximum absolute atomic E-state index is 13.0. The Morgan fingerprint density at radius 2 is 1.64 bits per heavy atom. The van der Waals surface area contributed by atoms with Gasteiger partial charge < -0.3 is 10.2 Å². The molecule has 2 amide bonds. The van der Waals surface area contributed by atoms with Gasteiger partial charge in [0.2, 0.25) is 11.8 Å². The summed E-state index contributed by atoms with van der Waals surface area (Å²) in [5.41, 5.74) is 2.18. The number of thioether (sulfide) groups is 1. The molecule has 0 spiro atoms. The Morgan fingerprint density at radius 3 is 2.29 bits per heavy atom. The molecule has 1 atom stereocenters. The van der Waals surface area contributed by atoms with Crippen LogP contribution in [0.25, 0.3) is 0 Å². The van der Waals surface area contributed by atoms with Crippen LogP contribution in [-0.2, 0) is 16.1 Å². The molecule has 0 heterocycles. The first-order valence-corrected chi connectivity index (χ1v) is 10.7. The number of carbonyl (C=O) groups excluding carboxylic acids is 2. The zero-order chi connectivity index (χ0) is 20.5. The fraction of sp³-hybridized carbons (Fsp3) is 0.391. The van der Waals surface area contributed by atoms with Crippen molar-refractivity contribution in [1.29, 1.82) is 0 Å². The third-order valence-electron chi connectivity index (χ3n) is 4.56. The van der Waals surface area contributed by atoms with Gasteiger partial charge in [-0.3, -0.25) is 9.59 Å². The van der Waals surface area contributed by atoms with E-state index in [-0.39, 0.29) is 11.8 Å². The van der Waals surface area contributed by atoms with Gasteiger partial charge in [0.05, 0.1) is 5.75 Å². The Morgan fingerprint density at radius 1 is 1.00 bits per heavy atom. The first kappa shape index (κ1) is 22.0. The molecule has 0 saturated carbocycles. The fourth-order valence-electron chi connectivity index (χ4n) is 2.75. The number of amides is 2. The minimum atomic E-state index is -0.526. The zero-order valence-corrected chi connectivity index (χ0v) is 18.0. The van der Waals surface area contributed by atoms with Gasteiger partial charge in [0.25, 0.3) is 0 Å². The van der Waals surface area contributed by atoms with Crippen molar-refractivity contribution in [1.82, 2.24) is 10.2 Å². The fourth-order valence-corrected chi connectivity index (χ4v) is 3.56. The van der Waals surface area contributed by atoms with Gasteiger partial charge >= 0.3 is 0 Å². The van der Waals surface area contributed by atoms with Crippen LogP contribution in [0.4, 0.5) is 0 Å². The molecule has 5 heteroatoms. The number of rotatable bonds is 9. The zero-order valence-electron chi connectivity index (χ0n) is 17.1. The highest BCUT2D eigenvalue weighted by molar-refractivity contribution is 8.00. The maximum Gasteiger partial charge on any atom is 0.242 e.